The van der Waals surface area contributed by atoms with Crippen LogP contribution < -0.4 is 10.5 Å². The highest BCUT2D eigenvalue weighted by Gasteiger charge is 2.13. The number of hydrogen-bond donors (Lipinski definition) is 2. The van der Waals surface area contributed by atoms with Crippen molar-refractivity contribution in [2.24, 2.45) is 5.73 Å². The Balaban J connectivity index is 2.07. The van der Waals surface area contributed by atoms with Gasteiger partial charge in [-0.2, -0.15) is 0 Å². The molecule has 1 aromatic carbocycles. The maximum atomic E-state index is 5.65. The SMILES string of the molecule is COc1ccc(-c2[nH]c3ccc(I)cc3c2CCCCN)cn1. The summed E-state index contributed by atoms with van der Waals surface area (Å²) in [5.41, 5.74) is 10.4. The number of pyridine rings is 1. The summed E-state index contributed by atoms with van der Waals surface area (Å²) in [4.78, 5) is 7.89. The molecule has 0 aliphatic heterocycles. The van der Waals surface area contributed by atoms with E-state index >= 15 is 0 Å². The van der Waals surface area contributed by atoms with Gasteiger partial charge in [0.15, 0.2) is 0 Å². The number of nitrogens with one attached hydrogen (secondary N) is 1. The zero-order valence-corrected chi connectivity index (χ0v) is 15.3. The van der Waals surface area contributed by atoms with Gasteiger partial charge in [0, 0.05) is 32.3 Å². The maximum absolute atomic E-state index is 5.65. The van der Waals surface area contributed by atoms with E-state index < -0.39 is 0 Å². The molecule has 120 valence electrons. The zero-order chi connectivity index (χ0) is 16.2. The molecule has 4 nitrogen and oxygen atoms in total. The number of benzene rings is 1. The lowest BCUT2D eigenvalue weighted by Gasteiger charge is -2.06. The van der Waals surface area contributed by atoms with Crippen LogP contribution >= 0.6 is 22.6 Å². The molecule has 0 saturated carbocycles. The molecule has 0 amide bonds. The van der Waals surface area contributed by atoms with Gasteiger partial charge in [0.1, 0.15) is 0 Å². The Bertz CT molecular complexity index is 796. The summed E-state index contributed by atoms with van der Waals surface area (Å²) in [6.45, 7) is 0.735. The average molecular weight is 421 g/mol. The third-order valence-corrected chi connectivity index (χ3v) is 4.65. The number of nitrogens with zero attached hydrogens (tertiary/aromatic N) is 1. The predicted octanol–water partition coefficient (Wildman–Crippen LogP) is 4.12. The van der Waals surface area contributed by atoms with Crippen molar-refractivity contribution in [3.05, 3.63) is 45.7 Å². The van der Waals surface area contributed by atoms with Crippen LogP contribution in [0.5, 0.6) is 5.88 Å². The molecule has 0 aliphatic carbocycles. The van der Waals surface area contributed by atoms with Gasteiger partial charge in [0.25, 0.3) is 0 Å². The molecular formula is C18H20IN3O. The Labute approximate surface area is 149 Å². The third kappa shape index (κ3) is 3.50. The quantitative estimate of drug-likeness (QED) is 0.465. The van der Waals surface area contributed by atoms with Crippen LogP contribution in [0.25, 0.3) is 22.2 Å². The third-order valence-electron chi connectivity index (χ3n) is 3.98. The summed E-state index contributed by atoms with van der Waals surface area (Å²) < 4.78 is 6.40. The maximum Gasteiger partial charge on any atom is 0.212 e. The van der Waals surface area contributed by atoms with Crippen LogP contribution in [0.4, 0.5) is 0 Å². The fourth-order valence-electron chi connectivity index (χ4n) is 2.82. The number of rotatable bonds is 6. The first kappa shape index (κ1) is 16.3. The van der Waals surface area contributed by atoms with Crippen molar-refractivity contribution < 1.29 is 4.74 Å². The number of aryl methyl sites for hydroxylation is 1. The van der Waals surface area contributed by atoms with E-state index in [2.05, 4.69) is 50.8 Å². The Morgan fingerprint density at radius 1 is 1.22 bits per heavy atom. The zero-order valence-electron chi connectivity index (χ0n) is 13.1. The molecule has 0 saturated heterocycles. The highest BCUT2D eigenvalue weighted by atomic mass is 127. The molecular weight excluding hydrogens is 401 g/mol. The van der Waals surface area contributed by atoms with Crippen LogP contribution in [0, 0.1) is 3.57 Å². The predicted molar refractivity (Wildman–Crippen MR) is 103 cm³/mol. The van der Waals surface area contributed by atoms with Gasteiger partial charge in [-0.15, -0.1) is 0 Å². The van der Waals surface area contributed by atoms with Crippen LogP contribution in [0.3, 0.4) is 0 Å². The summed E-state index contributed by atoms with van der Waals surface area (Å²) in [7, 11) is 1.63. The topological polar surface area (TPSA) is 63.9 Å². The van der Waals surface area contributed by atoms with Gasteiger partial charge in [0.05, 0.1) is 12.8 Å². The number of methoxy groups -OCH3 is 1. The number of aromatic nitrogens is 2. The Morgan fingerprint density at radius 3 is 2.78 bits per heavy atom. The fourth-order valence-corrected chi connectivity index (χ4v) is 3.31. The molecule has 0 spiro atoms. The standard InChI is InChI=1S/C18H20IN3O/c1-23-17-8-5-12(11-21-17)18-14(4-2-3-9-20)15-10-13(19)6-7-16(15)22-18/h5-8,10-11,22H,2-4,9,20H2,1H3. The molecule has 0 unspecified atom stereocenters. The number of ether oxygens (including phenoxy) is 1. The van der Waals surface area contributed by atoms with Gasteiger partial charge in [-0.1, -0.05) is 0 Å². The fraction of sp³-hybridized carbons (Fsp3) is 0.278. The van der Waals surface area contributed by atoms with Gasteiger partial charge in [-0.3, -0.25) is 0 Å². The summed E-state index contributed by atoms with van der Waals surface area (Å²) in [6, 6.07) is 10.5. The van der Waals surface area contributed by atoms with E-state index in [1.807, 2.05) is 18.3 Å². The van der Waals surface area contributed by atoms with E-state index in [-0.39, 0.29) is 0 Å². The summed E-state index contributed by atoms with van der Waals surface area (Å²) in [5, 5.41) is 1.29. The second-order valence-electron chi connectivity index (χ2n) is 5.50. The first-order valence-electron chi connectivity index (χ1n) is 7.73. The number of unbranched alkanes of at least 4 members (excludes halogenated alkanes) is 1. The minimum absolute atomic E-state index is 0.629. The Morgan fingerprint density at radius 2 is 2.09 bits per heavy atom. The number of nitrogens with two attached hydrogens (primary N) is 1. The molecule has 0 aliphatic rings. The van der Waals surface area contributed by atoms with Gasteiger partial charge >= 0.3 is 0 Å². The molecule has 5 heteroatoms. The van der Waals surface area contributed by atoms with Crippen molar-refractivity contribution in [2.75, 3.05) is 13.7 Å². The minimum atomic E-state index is 0.629. The molecule has 23 heavy (non-hydrogen) atoms. The van der Waals surface area contributed by atoms with E-state index in [1.54, 1.807) is 7.11 Å². The molecule has 0 atom stereocenters. The normalized spacial score (nSPS) is 11.1. The van der Waals surface area contributed by atoms with Crippen LogP contribution in [0.1, 0.15) is 18.4 Å². The van der Waals surface area contributed by atoms with Crippen molar-refractivity contribution in [3.63, 3.8) is 0 Å². The largest absolute Gasteiger partial charge is 0.481 e. The number of aromatic amines is 1. The van der Waals surface area contributed by atoms with Crippen LogP contribution in [0.15, 0.2) is 36.5 Å². The summed E-state index contributed by atoms with van der Waals surface area (Å²) in [6.07, 6.45) is 5.00. The monoisotopic (exact) mass is 421 g/mol. The Kier molecular flexibility index (Phi) is 5.17. The average Bonchev–Trinajstić information content (AvgIpc) is 2.93. The number of halogens is 1. The second kappa shape index (κ2) is 7.31. The van der Waals surface area contributed by atoms with Gasteiger partial charge < -0.3 is 15.5 Å². The lowest BCUT2D eigenvalue weighted by molar-refractivity contribution is 0.398. The lowest BCUT2D eigenvalue weighted by atomic mass is 10.0. The van der Waals surface area contributed by atoms with Crippen molar-refractivity contribution in [1.29, 1.82) is 0 Å². The summed E-state index contributed by atoms with van der Waals surface area (Å²) >= 11 is 2.36. The van der Waals surface area contributed by atoms with Gasteiger partial charge in [-0.25, -0.2) is 4.98 Å². The van der Waals surface area contributed by atoms with Crippen molar-refractivity contribution in [2.45, 2.75) is 19.3 Å². The molecule has 3 N–H and O–H groups in total. The van der Waals surface area contributed by atoms with Gasteiger partial charge in [-0.05, 0) is 78.2 Å². The van der Waals surface area contributed by atoms with Gasteiger partial charge in [0.2, 0.25) is 5.88 Å². The first-order chi connectivity index (χ1) is 11.2. The Hall–Kier alpha value is -1.60. The van der Waals surface area contributed by atoms with Crippen molar-refractivity contribution in [1.82, 2.24) is 9.97 Å². The highest BCUT2D eigenvalue weighted by molar-refractivity contribution is 14.1. The first-order valence-corrected chi connectivity index (χ1v) is 8.81. The van der Waals surface area contributed by atoms with Crippen molar-refractivity contribution in [3.8, 4) is 17.1 Å². The molecule has 3 rings (SSSR count). The molecule has 0 radical (unpaired) electrons. The van der Waals surface area contributed by atoms with Crippen molar-refractivity contribution >= 4 is 33.5 Å². The van der Waals surface area contributed by atoms with E-state index in [0.717, 1.165) is 37.1 Å². The summed E-state index contributed by atoms with van der Waals surface area (Å²) in [5.74, 6) is 0.629. The van der Waals surface area contributed by atoms with E-state index in [4.69, 9.17) is 10.5 Å². The second-order valence-corrected chi connectivity index (χ2v) is 6.75. The number of fused-ring (bicyclic) bond motifs is 1. The molecule has 3 aromatic rings. The highest BCUT2D eigenvalue weighted by Crippen LogP contribution is 2.32. The van der Waals surface area contributed by atoms with Crippen LogP contribution in [0.2, 0.25) is 0 Å². The smallest absolute Gasteiger partial charge is 0.212 e. The van der Waals surface area contributed by atoms with Crippen LogP contribution in [-0.2, 0) is 6.42 Å². The molecule has 0 fully saturated rings. The molecule has 0 bridgehead atoms. The number of hydrogen-bond acceptors (Lipinski definition) is 3. The van der Waals surface area contributed by atoms with E-state index in [9.17, 15) is 0 Å². The molecule has 2 aromatic heterocycles. The van der Waals surface area contributed by atoms with Crippen LogP contribution in [-0.4, -0.2) is 23.6 Å². The van der Waals surface area contributed by atoms with E-state index in [1.165, 1.54) is 20.0 Å². The molecule has 2 heterocycles. The van der Waals surface area contributed by atoms with E-state index in [0.29, 0.717) is 5.88 Å². The minimum Gasteiger partial charge on any atom is -0.481 e. The lowest BCUT2D eigenvalue weighted by Crippen LogP contribution is -1.99. The number of H-pyrrole nitrogens is 1.